The van der Waals surface area contributed by atoms with Crippen molar-refractivity contribution in [3.8, 4) is 0 Å². The predicted molar refractivity (Wildman–Crippen MR) is 118 cm³/mol. The largest absolute Gasteiger partial charge is 0.338 e. The molecule has 0 unspecified atom stereocenters. The van der Waals surface area contributed by atoms with Gasteiger partial charge in [-0.15, -0.1) is 0 Å². The van der Waals surface area contributed by atoms with E-state index in [9.17, 15) is 9.59 Å². The van der Waals surface area contributed by atoms with Gasteiger partial charge >= 0.3 is 0 Å². The van der Waals surface area contributed by atoms with Crippen molar-refractivity contribution in [2.75, 3.05) is 24.6 Å². The lowest BCUT2D eigenvalue weighted by atomic mass is 10.00. The smallest absolute Gasteiger partial charge is 0.223 e. The van der Waals surface area contributed by atoms with Crippen LogP contribution in [0.5, 0.6) is 0 Å². The van der Waals surface area contributed by atoms with Crippen molar-refractivity contribution < 1.29 is 9.59 Å². The molecule has 5 heteroatoms. The summed E-state index contributed by atoms with van der Waals surface area (Å²) < 4.78 is 0. The highest BCUT2D eigenvalue weighted by molar-refractivity contribution is 7.99. The molecule has 0 aliphatic carbocycles. The van der Waals surface area contributed by atoms with E-state index in [2.05, 4.69) is 36.4 Å². The summed E-state index contributed by atoms with van der Waals surface area (Å²) in [6.07, 6.45) is 3.00. The minimum atomic E-state index is 0.228. The van der Waals surface area contributed by atoms with Gasteiger partial charge in [-0.2, -0.15) is 11.8 Å². The van der Waals surface area contributed by atoms with Crippen molar-refractivity contribution in [3.05, 3.63) is 70.8 Å². The molecule has 2 aliphatic heterocycles. The maximum absolute atomic E-state index is 12.5. The van der Waals surface area contributed by atoms with E-state index < -0.39 is 0 Å². The van der Waals surface area contributed by atoms with Crippen molar-refractivity contribution in [1.82, 2.24) is 9.80 Å². The van der Waals surface area contributed by atoms with Gasteiger partial charge in [-0.3, -0.25) is 9.59 Å². The van der Waals surface area contributed by atoms with E-state index in [-0.39, 0.29) is 11.8 Å². The maximum atomic E-state index is 12.5. The maximum Gasteiger partial charge on any atom is 0.223 e. The lowest BCUT2D eigenvalue weighted by molar-refractivity contribution is -0.132. The van der Waals surface area contributed by atoms with Crippen molar-refractivity contribution >= 4 is 23.6 Å². The van der Waals surface area contributed by atoms with Crippen LogP contribution in [0.4, 0.5) is 0 Å². The van der Waals surface area contributed by atoms with E-state index in [0.717, 1.165) is 50.5 Å². The first-order valence-electron chi connectivity index (χ1n) is 10.5. The summed E-state index contributed by atoms with van der Waals surface area (Å²) in [5.74, 6) is 2.03. The van der Waals surface area contributed by atoms with Gasteiger partial charge in [-0.1, -0.05) is 48.5 Å². The van der Waals surface area contributed by atoms with E-state index in [1.807, 2.05) is 21.9 Å². The van der Waals surface area contributed by atoms with Crippen LogP contribution in [0, 0.1) is 0 Å². The highest BCUT2D eigenvalue weighted by Crippen LogP contribution is 2.21. The Morgan fingerprint density at radius 1 is 0.690 bits per heavy atom. The lowest BCUT2D eigenvalue weighted by Gasteiger charge is -2.29. The molecule has 4 nitrogen and oxygen atoms in total. The number of rotatable bonds is 6. The Labute approximate surface area is 177 Å². The second-order valence-corrected chi connectivity index (χ2v) is 9.01. The van der Waals surface area contributed by atoms with Crippen LogP contribution in [-0.2, 0) is 35.5 Å². The fourth-order valence-electron chi connectivity index (χ4n) is 4.15. The Bertz CT molecular complexity index is 811. The third kappa shape index (κ3) is 5.02. The zero-order valence-electron chi connectivity index (χ0n) is 16.8. The number of fused-ring (bicyclic) bond motifs is 2. The van der Waals surface area contributed by atoms with Crippen molar-refractivity contribution in [2.45, 2.75) is 38.8 Å². The summed E-state index contributed by atoms with van der Waals surface area (Å²) in [6.45, 7) is 3.09. The molecule has 0 bridgehead atoms. The van der Waals surface area contributed by atoms with Crippen molar-refractivity contribution in [2.24, 2.45) is 0 Å². The minimum absolute atomic E-state index is 0.228. The molecular formula is C24H28N2O2S. The van der Waals surface area contributed by atoms with Crippen LogP contribution < -0.4 is 0 Å². The second-order valence-electron chi connectivity index (χ2n) is 7.78. The first-order valence-corrected chi connectivity index (χ1v) is 11.6. The Morgan fingerprint density at radius 3 is 1.55 bits per heavy atom. The van der Waals surface area contributed by atoms with Gasteiger partial charge in [0.15, 0.2) is 0 Å². The van der Waals surface area contributed by atoms with E-state index in [0.29, 0.717) is 12.8 Å². The molecule has 4 rings (SSSR count). The zero-order valence-corrected chi connectivity index (χ0v) is 17.6. The molecule has 2 amide bonds. The second kappa shape index (κ2) is 9.49. The molecule has 2 aromatic rings. The number of carbonyl (C=O) groups is 2. The number of carbonyl (C=O) groups excluding carboxylic acids is 2. The molecule has 0 atom stereocenters. The first-order chi connectivity index (χ1) is 14.2. The third-order valence-corrected chi connectivity index (χ3v) is 6.87. The Hall–Kier alpha value is -2.27. The van der Waals surface area contributed by atoms with Crippen LogP contribution >= 0.6 is 11.8 Å². The van der Waals surface area contributed by atoms with Gasteiger partial charge in [0.1, 0.15) is 0 Å². The molecule has 2 aliphatic rings. The summed E-state index contributed by atoms with van der Waals surface area (Å²) >= 11 is 1.71. The molecule has 0 spiro atoms. The molecule has 0 radical (unpaired) electrons. The fraction of sp³-hybridized carbons (Fsp3) is 0.417. The summed E-state index contributed by atoms with van der Waals surface area (Å²) in [5.41, 5.74) is 5.27. The normalized spacial score (nSPS) is 15.6. The molecule has 0 aromatic heterocycles. The summed E-state index contributed by atoms with van der Waals surface area (Å²) in [7, 11) is 0. The van der Waals surface area contributed by atoms with Gasteiger partial charge in [0.25, 0.3) is 0 Å². The summed E-state index contributed by atoms with van der Waals surface area (Å²) in [6, 6.07) is 16.8. The minimum Gasteiger partial charge on any atom is -0.338 e. The van der Waals surface area contributed by atoms with Crippen molar-refractivity contribution in [3.63, 3.8) is 0 Å². The highest BCUT2D eigenvalue weighted by Gasteiger charge is 2.21. The standard InChI is InChI=1S/C24H28N2O2S/c27-23(25-13-9-19-5-1-3-7-21(19)17-25)11-15-29-16-12-24(28)26-14-10-20-6-2-4-8-22(20)18-26/h1-8H,9-18H2. The van der Waals surface area contributed by atoms with E-state index in [1.54, 1.807) is 11.8 Å². The van der Waals surface area contributed by atoms with Gasteiger partial charge in [-0.05, 0) is 35.1 Å². The highest BCUT2D eigenvalue weighted by atomic mass is 32.2. The van der Waals surface area contributed by atoms with Gasteiger partial charge in [0.2, 0.25) is 11.8 Å². The SMILES string of the molecule is O=C(CCSCCC(=O)N1CCc2ccccc2C1)N1CCc2ccccc2C1. The quantitative estimate of drug-likeness (QED) is 0.685. The van der Waals surface area contributed by atoms with Gasteiger partial charge in [-0.25, -0.2) is 0 Å². The molecule has 0 N–H and O–H groups in total. The van der Waals surface area contributed by atoms with E-state index in [4.69, 9.17) is 0 Å². The fourth-order valence-corrected chi connectivity index (χ4v) is 5.00. The van der Waals surface area contributed by atoms with Gasteiger partial charge in [0.05, 0.1) is 0 Å². The lowest BCUT2D eigenvalue weighted by Crippen LogP contribution is -2.36. The average Bonchev–Trinajstić information content (AvgIpc) is 2.77. The molecule has 0 fully saturated rings. The average molecular weight is 409 g/mol. The topological polar surface area (TPSA) is 40.6 Å². The van der Waals surface area contributed by atoms with Crippen LogP contribution in [0.25, 0.3) is 0 Å². The Morgan fingerprint density at radius 2 is 1.10 bits per heavy atom. The number of hydrogen-bond donors (Lipinski definition) is 0. The van der Waals surface area contributed by atoms with Gasteiger partial charge in [0, 0.05) is 50.5 Å². The first kappa shape index (κ1) is 20.0. The summed E-state index contributed by atoms with van der Waals surface area (Å²) in [5, 5.41) is 0. The van der Waals surface area contributed by atoms with E-state index in [1.165, 1.54) is 22.3 Å². The molecule has 2 heterocycles. The van der Waals surface area contributed by atoms with Gasteiger partial charge < -0.3 is 9.80 Å². The molecule has 0 saturated heterocycles. The van der Waals surface area contributed by atoms with Crippen molar-refractivity contribution in [1.29, 1.82) is 0 Å². The monoisotopic (exact) mass is 408 g/mol. The molecule has 2 aromatic carbocycles. The number of thioether (sulfide) groups is 1. The third-order valence-electron chi connectivity index (χ3n) is 5.89. The van der Waals surface area contributed by atoms with E-state index >= 15 is 0 Å². The van der Waals surface area contributed by atoms with Crippen LogP contribution in [-0.4, -0.2) is 46.2 Å². The summed E-state index contributed by atoms with van der Waals surface area (Å²) in [4.78, 5) is 29.0. The molecular weight excluding hydrogens is 380 g/mol. The zero-order chi connectivity index (χ0) is 20.1. The number of hydrogen-bond acceptors (Lipinski definition) is 3. The number of amides is 2. The molecule has 0 saturated carbocycles. The number of benzene rings is 2. The molecule has 152 valence electrons. The number of nitrogens with zero attached hydrogens (tertiary/aromatic N) is 2. The van der Waals surface area contributed by atoms with Crippen LogP contribution in [0.2, 0.25) is 0 Å². The predicted octanol–water partition coefficient (Wildman–Crippen LogP) is 3.67. The Balaban J connectivity index is 1.14. The van der Waals surface area contributed by atoms with Crippen LogP contribution in [0.15, 0.2) is 48.5 Å². The molecule has 29 heavy (non-hydrogen) atoms. The Kier molecular flexibility index (Phi) is 6.55. The van der Waals surface area contributed by atoms with Crippen LogP contribution in [0.3, 0.4) is 0 Å². The van der Waals surface area contributed by atoms with Crippen LogP contribution in [0.1, 0.15) is 35.1 Å².